The molecule has 0 fully saturated rings. The van der Waals surface area contributed by atoms with Gasteiger partial charge in [0.1, 0.15) is 0 Å². The molecule has 68 valence electrons. The van der Waals surface area contributed by atoms with E-state index >= 15 is 0 Å². The van der Waals surface area contributed by atoms with Gasteiger partial charge in [-0.15, -0.1) is 0 Å². The van der Waals surface area contributed by atoms with Crippen molar-refractivity contribution in [3.8, 4) is 0 Å². The first-order valence-corrected chi connectivity index (χ1v) is 5.53. The minimum Gasteiger partial charge on any atom is -0.0722 e. The fraction of sp³-hybridized carbons (Fsp3) is 0.0769. The van der Waals surface area contributed by atoms with Crippen molar-refractivity contribution in [2.45, 2.75) is 6.42 Å². The molecule has 2 aliphatic rings. The molecule has 14 heavy (non-hydrogen) atoms. The van der Waals surface area contributed by atoms with E-state index in [-0.39, 0.29) is 0 Å². The van der Waals surface area contributed by atoms with E-state index in [1.807, 2.05) is 0 Å². The molecule has 0 atom stereocenters. The van der Waals surface area contributed by atoms with E-state index in [4.69, 9.17) is 0 Å². The molecule has 1 heteroatoms. The van der Waals surface area contributed by atoms with Crippen LogP contribution in [0.5, 0.6) is 0 Å². The summed E-state index contributed by atoms with van der Waals surface area (Å²) in [6.07, 6.45) is 7.78. The summed E-state index contributed by atoms with van der Waals surface area (Å²) in [5.74, 6) is 0. The van der Waals surface area contributed by atoms with Gasteiger partial charge >= 0.3 is 0 Å². The monoisotopic (exact) mass is 244 g/mol. The lowest BCUT2D eigenvalue weighted by Gasteiger charge is -2.10. The van der Waals surface area contributed by atoms with Gasteiger partial charge in [-0.1, -0.05) is 52.3 Å². The van der Waals surface area contributed by atoms with Crippen molar-refractivity contribution in [3.05, 3.63) is 57.6 Å². The average Bonchev–Trinajstić information content (AvgIpc) is 2.59. The quantitative estimate of drug-likeness (QED) is 0.644. The molecule has 0 saturated carbocycles. The van der Waals surface area contributed by atoms with Crippen molar-refractivity contribution in [1.82, 2.24) is 0 Å². The van der Waals surface area contributed by atoms with E-state index in [1.54, 1.807) is 0 Å². The zero-order valence-electron chi connectivity index (χ0n) is 7.63. The Labute approximate surface area is 91.8 Å². The number of allylic oxidation sites excluding steroid dienone is 5. The highest BCUT2D eigenvalue weighted by molar-refractivity contribution is 9.12. The summed E-state index contributed by atoms with van der Waals surface area (Å²) < 4.78 is 1.23. The van der Waals surface area contributed by atoms with Crippen LogP contribution in [0, 0.1) is 0 Å². The van der Waals surface area contributed by atoms with Crippen LogP contribution in [-0.2, 0) is 0 Å². The van der Waals surface area contributed by atoms with Gasteiger partial charge in [-0.05, 0) is 34.8 Å². The summed E-state index contributed by atoms with van der Waals surface area (Å²) in [4.78, 5) is 0. The van der Waals surface area contributed by atoms with Gasteiger partial charge in [-0.2, -0.15) is 0 Å². The number of fused-ring (bicyclic) bond motifs is 3. The van der Waals surface area contributed by atoms with Gasteiger partial charge in [-0.3, -0.25) is 0 Å². The molecule has 1 aromatic rings. The van der Waals surface area contributed by atoms with Crippen LogP contribution >= 0.6 is 15.9 Å². The number of halogens is 1. The van der Waals surface area contributed by atoms with Gasteiger partial charge in [0.25, 0.3) is 0 Å². The highest BCUT2D eigenvalue weighted by atomic mass is 79.9. The molecule has 0 spiro atoms. The molecule has 2 aliphatic carbocycles. The van der Waals surface area contributed by atoms with Crippen molar-refractivity contribution < 1.29 is 0 Å². The molecule has 0 amide bonds. The molecular weight excluding hydrogens is 236 g/mol. The SMILES string of the molecule is BrC1=CCC=C2C1=Cc1ccccc12. The van der Waals surface area contributed by atoms with Crippen LogP contribution in [0.3, 0.4) is 0 Å². The Balaban J connectivity index is 2.24. The lowest BCUT2D eigenvalue weighted by molar-refractivity contribution is 1.35. The van der Waals surface area contributed by atoms with E-state index in [2.05, 4.69) is 58.4 Å². The molecular formula is C13H9Br. The van der Waals surface area contributed by atoms with E-state index in [1.165, 1.54) is 26.8 Å². The van der Waals surface area contributed by atoms with Crippen molar-refractivity contribution in [2.75, 3.05) is 0 Å². The van der Waals surface area contributed by atoms with Gasteiger partial charge in [0.15, 0.2) is 0 Å². The molecule has 0 radical (unpaired) electrons. The van der Waals surface area contributed by atoms with Crippen LogP contribution in [0.4, 0.5) is 0 Å². The Morgan fingerprint density at radius 3 is 2.79 bits per heavy atom. The van der Waals surface area contributed by atoms with Crippen LogP contribution in [0.25, 0.3) is 11.6 Å². The summed E-state index contributed by atoms with van der Waals surface area (Å²) in [6.45, 7) is 0. The van der Waals surface area contributed by atoms with Gasteiger partial charge in [0.2, 0.25) is 0 Å². The molecule has 0 heterocycles. The second-order valence-corrected chi connectivity index (χ2v) is 4.41. The summed E-state index contributed by atoms with van der Waals surface area (Å²) in [6, 6.07) is 8.55. The zero-order chi connectivity index (χ0) is 9.54. The molecule has 0 unspecified atom stereocenters. The van der Waals surface area contributed by atoms with Gasteiger partial charge in [0, 0.05) is 4.48 Å². The second-order valence-electron chi connectivity index (χ2n) is 3.55. The number of rotatable bonds is 0. The number of benzene rings is 1. The average molecular weight is 245 g/mol. The third-order valence-corrected chi connectivity index (χ3v) is 3.47. The predicted octanol–water partition coefficient (Wildman–Crippen LogP) is 4.15. The Bertz CT molecular complexity index is 490. The summed E-state index contributed by atoms with van der Waals surface area (Å²) in [7, 11) is 0. The maximum Gasteiger partial charge on any atom is 0.0217 e. The fourth-order valence-electron chi connectivity index (χ4n) is 2.05. The molecule has 1 aromatic carbocycles. The van der Waals surface area contributed by atoms with Crippen LogP contribution in [-0.4, -0.2) is 0 Å². The molecule has 0 N–H and O–H groups in total. The van der Waals surface area contributed by atoms with Gasteiger partial charge in [-0.25, -0.2) is 0 Å². The van der Waals surface area contributed by atoms with E-state index < -0.39 is 0 Å². The van der Waals surface area contributed by atoms with Crippen LogP contribution < -0.4 is 0 Å². The largest absolute Gasteiger partial charge is 0.0722 e. The normalized spacial score (nSPS) is 17.9. The number of hydrogen-bond acceptors (Lipinski definition) is 0. The topological polar surface area (TPSA) is 0 Å². The Morgan fingerprint density at radius 2 is 1.86 bits per heavy atom. The standard InChI is InChI=1S/C13H9Br/c14-13-7-3-6-11-10-5-2-1-4-9(10)8-12(11)13/h1-2,4-8H,3H2. The lowest BCUT2D eigenvalue weighted by Crippen LogP contribution is -1.89. The van der Waals surface area contributed by atoms with Crippen LogP contribution in [0.2, 0.25) is 0 Å². The first kappa shape index (κ1) is 8.25. The molecule has 0 aromatic heterocycles. The van der Waals surface area contributed by atoms with Crippen molar-refractivity contribution in [3.63, 3.8) is 0 Å². The molecule has 0 bridgehead atoms. The highest BCUT2D eigenvalue weighted by Crippen LogP contribution is 2.43. The fourth-order valence-corrected chi connectivity index (χ4v) is 2.57. The minimum atomic E-state index is 1.03. The Kier molecular flexibility index (Phi) is 1.74. The van der Waals surface area contributed by atoms with Crippen molar-refractivity contribution >= 4 is 27.6 Å². The highest BCUT2D eigenvalue weighted by Gasteiger charge is 2.21. The Morgan fingerprint density at radius 1 is 1.00 bits per heavy atom. The zero-order valence-corrected chi connectivity index (χ0v) is 9.21. The van der Waals surface area contributed by atoms with Crippen LogP contribution in [0.1, 0.15) is 17.5 Å². The van der Waals surface area contributed by atoms with E-state index in [0.29, 0.717) is 0 Å². The maximum atomic E-state index is 3.61. The minimum absolute atomic E-state index is 1.03. The maximum absolute atomic E-state index is 3.61. The second kappa shape index (κ2) is 2.96. The van der Waals surface area contributed by atoms with Gasteiger partial charge < -0.3 is 0 Å². The predicted molar refractivity (Wildman–Crippen MR) is 64.0 cm³/mol. The Hall–Kier alpha value is -1.08. The van der Waals surface area contributed by atoms with Crippen molar-refractivity contribution in [1.29, 1.82) is 0 Å². The third-order valence-electron chi connectivity index (χ3n) is 2.72. The molecule has 0 aliphatic heterocycles. The number of hydrogen-bond donors (Lipinski definition) is 0. The molecule has 0 nitrogen and oxygen atoms in total. The first-order chi connectivity index (χ1) is 6.86. The first-order valence-electron chi connectivity index (χ1n) is 4.74. The van der Waals surface area contributed by atoms with E-state index in [9.17, 15) is 0 Å². The summed E-state index contributed by atoms with van der Waals surface area (Å²) in [5, 5.41) is 0. The molecule has 0 saturated heterocycles. The lowest BCUT2D eigenvalue weighted by atomic mass is 9.98. The van der Waals surface area contributed by atoms with Gasteiger partial charge in [0.05, 0.1) is 0 Å². The summed E-state index contributed by atoms with van der Waals surface area (Å²) in [5.41, 5.74) is 5.42. The van der Waals surface area contributed by atoms with Crippen LogP contribution in [0.15, 0.2) is 46.5 Å². The smallest absolute Gasteiger partial charge is 0.0217 e. The third kappa shape index (κ3) is 1.05. The van der Waals surface area contributed by atoms with Crippen molar-refractivity contribution in [2.24, 2.45) is 0 Å². The van der Waals surface area contributed by atoms with E-state index in [0.717, 1.165) is 6.42 Å². The summed E-state index contributed by atoms with van der Waals surface area (Å²) >= 11 is 3.61. The molecule has 3 rings (SSSR count).